The highest BCUT2D eigenvalue weighted by Crippen LogP contribution is 2.34. The molecule has 2 heterocycles. The molecule has 0 fully saturated rings. The van der Waals surface area contributed by atoms with Crippen LogP contribution in [-0.2, 0) is 16.9 Å². The second kappa shape index (κ2) is 10.5. The van der Waals surface area contributed by atoms with Crippen LogP contribution >= 0.6 is 46.3 Å². The van der Waals surface area contributed by atoms with E-state index in [9.17, 15) is 4.79 Å². The van der Waals surface area contributed by atoms with Gasteiger partial charge in [-0.3, -0.25) is 0 Å². The van der Waals surface area contributed by atoms with E-state index in [1.807, 2.05) is 69.3 Å². The van der Waals surface area contributed by atoms with Gasteiger partial charge in [0.2, 0.25) is 4.96 Å². The maximum atomic E-state index is 12.6. The Morgan fingerprint density at radius 2 is 1.82 bits per heavy atom. The van der Waals surface area contributed by atoms with Crippen molar-refractivity contribution in [3.63, 3.8) is 0 Å². The lowest BCUT2D eigenvalue weighted by atomic mass is 10.1. The smallest absolute Gasteiger partial charge is 0.408 e. The molecule has 0 bridgehead atoms. The quantitative estimate of drug-likeness (QED) is 0.268. The molecule has 34 heavy (non-hydrogen) atoms. The Kier molecular flexibility index (Phi) is 7.67. The van der Waals surface area contributed by atoms with Crippen LogP contribution in [0, 0.1) is 0 Å². The number of fused-ring (bicyclic) bond motifs is 1. The van der Waals surface area contributed by atoms with Gasteiger partial charge in [0.25, 0.3) is 0 Å². The molecule has 0 aliphatic rings. The Labute approximate surface area is 215 Å². The number of carbonyl (C=O) groups is 1. The molecule has 1 amide bonds. The molecular formula is C23H23Cl2N5O2S2. The molecule has 0 saturated carbocycles. The van der Waals surface area contributed by atoms with Crippen LogP contribution in [-0.4, -0.2) is 31.5 Å². The largest absolute Gasteiger partial charge is 0.444 e. The highest BCUT2D eigenvalue weighted by atomic mass is 35.5. The zero-order valence-corrected chi connectivity index (χ0v) is 21.9. The molecule has 2 aromatic carbocycles. The summed E-state index contributed by atoms with van der Waals surface area (Å²) in [6.45, 7) is 5.47. The molecule has 0 spiro atoms. The van der Waals surface area contributed by atoms with Crippen LogP contribution in [0.5, 0.6) is 0 Å². The summed E-state index contributed by atoms with van der Waals surface area (Å²) in [5, 5.41) is 17.5. The summed E-state index contributed by atoms with van der Waals surface area (Å²) in [6.07, 6.45) is -0.0146. The van der Waals surface area contributed by atoms with Crippen LogP contribution in [0.1, 0.15) is 43.8 Å². The van der Waals surface area contributed by atoms with Gasteiger partial charge in [-0.15, -0.1) is 15.3 Å². The van der Waals surface area contributed by atoms with Gasteiger partial charge in [0, 0.05) is 22.2 Å². The minimum Gasteiger partial charge on any atom is -0.444 e. The van der Waals surface area contributed by atoms with E-state index >= 15 is 0 Å². The summed E-state index contributed by atoms with van der Waals surface area (Å²) < 4.78 is 7.94. The van der Waals surface area contributed by atoms with Crippen molar-refractivity contribution < 1.29 is 9.53 Å². The van der Waals surface area contributed by atoms with E-state index in [0.717, 1.165) is 15.5 Å². The first-order valence-electron chi connectivity index (χ1n) is 10.5. The lowest BCUT2D eigenvalue weighted by molar-refractivity contribution is 0.0500. The molecule has 2 aromatic heterocycles. The Balaban J connectivity index is 1.58. The fourth-order valence-corrected chi connectivity index (χ4v) is 5.83. The second-order valence-corrected chi connectivity index (χ2v) is 11.5. The van der Waals surface area contributed by atoms with Crippen molar-refractivity contribution in [2.75, 3.05) is 0 Å². The zero-order valence-electron chi connectivity index (χ0n) is 18.8. The molecule has 4 rings (SSSR count). The fraction of sp³-hybridized carbons (Fsp3) is 0.304. The van der Waals surface area contributed by atoms with Crippen molar-refractivity contribution in [1.29, 1.82) is 0 Å². The number of carbonyl (C=O) groups excluding carboxylic acids is 1. The van der Waals surface area contributed by atoms with Crippen LogP contribution in [0.25, 0.3) is 4.96 Å². The Bertz CT molecular complexity index is 1270. The molecule has 178 valence electrons. The second-order valence-electron chi connectivity index (χ2n) is 8.50. The Hall–Kier alpha value is -2.33. The van der Waals surface area contributed by atoms with Crippen LogP contribution in [0.4, 0.5) is 4.79 Å². The van der Waals surface area contributed by atoms with E-state index in [1.165, 1.54) is 23.1 Å². The number of amides is 1. The van der Waals surface area contributed by atoms with Gasteiger partial charge in [-0.05, 0) is 44.0 Å². The predicted octanol–water partition coefficient (Wildman–Crippen LogP) is 6.59. The summed E-state index contributed by atoms with van der Waals surface area (Å²) >= 11 is 15.5. The van der Waals surface area contributed by atoms with Crippen LogP contribution in [0.15, 0.2) is 52.9 Å². The summed E-state index contributed by atoms with van der Waals surface area (Å²) in [5.41, 5.74) is 1.28. The van der Waals surface area contributed by atoms with Gasteiger partial charge >= 0.3 is 6.09 Å². The first kappa shape index (κ1) is 24.8. The molecule has 0 saturated heterocycles. The molecule has 0 radical (unpaired) electrons. The van der Waals surface area contributed by atoms with Crippen molar-refractivity contribution in [3.05, 3.63) is 75.5 Å². The Morgan fingerprint density at radius 1 is 1.12 bits per heavy atom. The molecule has 1 unspecified atom stereocenters. The molecule has 0 aliphatic heterocycles. The van der Waals surface area contributed by atoms with Gasteiger partial charge in [-0.25, -0.2) is 4.79 Å². The van der Waals surface area contributed by atoms with Crippen molar-refractivity contribution in [2.45, 2.75) is 48.9 Å². The standard InChI is InChI=1S/C23H23Cl2N5O2S2/c1-23(2,3)32-21(31)26-18(12-14-8-5-4-6-9-14)19-27-28-20-30(19)29-22(34-20)33-13-15-16(24)10-7-11-17(15)25/h4-11,18H,12-13H2,1-3H3,(H,26,31). The minimum absolute atomic E-state index is 0.481. The van der Waals surface area contributed by atoms with Crippen molar-refractivity contribution in [1.82, 2.24) is 25.1 Å². The van der Waals surface area contributed by atoms with Gasteiger partial charge in [0.05, 0.1) is 6.04 Å². The van der Waals surface area contributed by atoms with Gasteiger partial charge in [0.15, 0.2) is 10.2 Å². The number of thioether (sulfide) groups is 1. The van der Waals surface area contributed by atoms with Crippen molar-refractivity contribution >= 4 is 57.4 Å². The third-order valence-electron chi connectivity index (χ3n) is 4.68. The van der Waals surface area contributed by atoms with E-state index in [-0.39, 0.29) is 0 Å². The van der Waals surface area contributed by atoms with E-state index in [0.29, 0.717) is 33.0 Å². The van der Waals surface area contributed by atoms with Crippen molar-refractivity contribution in [2.24, 2.45) is 0 Å². The van der Waals surface area contributed by atoms with Gasteiger partial charge in [-0.2, -0.15) is 4.52 Å². The number of nitrogens with one attached hydrogen (secondary N) is 1. The predicted molar refractivity (Wildman–Crippen MR) is 137 cm³/mol. The average molecular weight is 537 g/mol. The number of benzene rings is 2. The fourth-order valence-electron chi connectivity index (χ4n) is 3.20. The van der Waals surface area contributed by atoms with E-state index in [1.54, 1.807) is 4.52 Å². The number of hydrogen-bond donors (Lipinski definition) is 1. The monoisotopic (exact) mass is 535 g/mol. The van der Waals surface area contributed by atoms with Gasteiger partial charge < -0.3 is 10.1 Å². The highest BCUT2D eigenvalue weighted by molar-refractivity contribution is 8.00. The maximum absolute atomic E-state index is 12.6. The number of alkyl carbamates (subject to hydrolysis) is 1. The van der Waals surface area contributed by atoms with Crippen molar-refractivity contribution in [3.8, 4) is 0 Å². The van der Waals surface area contributed by atoms with Crippen LogP contribution in [0.2, 0.25) is 10.0 Å². The van der Waals surface area contributed by atoms with Gasteiger partial charge in [-0.1, -0.05) is 82.7 Å². The van der Waals surface area contributed by atoms with E-state index < -0.39 is 17.7 Å². The number of ether oxygens (including phenoxy) is 1. The normalized spacial score (nSPS) is 12.6. The molecule has 0 aliphatic carbocycles. The SMILES string of the molecule is CC(C)(C)OC(=O)NC(Cc1ccccc1)c1nnc2sc(SCc3c(Cl)cccc3Cl)nn12. The molecule has 11 heteroatoms. The zero-order chi connectivity index (χ0) is 24.3. The molecule has 1 N–H and O–H groups in total. The van der Waals surface area contributed by atoms with Gasteiger partial charge in [0.1, 0.15) is 5.60 Å². The highest BCUT2D eigenvalue weighted by Gasteiger charge is 2.26. The van der Waals surface area contributed by atoms with Crippen LogP contribution in [0.3, 0.4) is 0 Å². The average Bonchev–Trinajstić information content (AvgIpc) is 3.33. The van der Waals surface area contributed by atoms with E-state index in [2.05, 4.69) is 20.6 Å². The number of hydrogen-bond acceptors (Lipinski definition) is 7. The Morgan fingerprint density at radius 3 is 2.50 bits per heavy atom. The summed E-state index contributed by atoms with van der Waals surface area (Å²) in [7, 11) is 0. The summed E-state index contributed by atoms with van der Waals surface area (Å²) in [6, 6.07) is 14.8. The molecule has 1 atom stereocenters. The maximum Gasteiger partial charge on any atom is 0.408 e. The number of nitrogens with zero attached hydrogens (tertiary/aromatic N) is 4. The first-order chi connectivity index (χ1) is 16.2. The molecule has 7 nitrogen and oxygen atoms in total. The number of halogens is 2. The topological polar surface area (TPSA) is 81.4 Å². The number of aromatic nitrogens is 4. The first-order valence-corrected chi connectivity index (χ1v) is 13.1. The molecule has 4 aromatic rings. The third kappa shape index (κ3) is 6.21. The lowest BCUT2D eigenvalue weighted by Crippen LogP contribution is -2.36. The lowest BCUT2D eigenvalue weighted by Gasteiger charge is -2.22. The third-order valence-corrected chi connectivity index (χ3v) is 7.45. The minimum atomic E-state index is -0.619. The number of rotatable bonds is 7. The van der Waals surface area contributed by atoms with Crippen LogP contribution < -0.4 is 5.32 Å². The summed E-state index contributed by atoms with van der Waals surface area (Å²) in [5.74, 6) is 1.10. The molecular weight excluding hydrogens is 513 g/mol. The van der Waals surface area contributed by atoms with E-state index in [4.69, 9.17) is 27.9 Å². The summed E-state index contributed by atoms with van der Waals surface area (Å²) in [4.78, 5) is 13.2.